The minimum absolute atomic E-state index is 0. The topological polar surface area (TPSA) is 12.9 Å². The van der Waals surface area contributed by atoms with Crippen LogP contribution in [0.25, 0.3) is 0 Å². The van der Waals surface area contributed by atoms with Gasteiger partial charge in [-0.1, -0.05) is 6.92 Å². The first kappa shape index (κ1) is 15.6. The van der Waals surface area contributed by atoms with Gasteiger partial charge in [0.1, 0.15) is 0 Å². The molecular weight excluding hydrogens is 188 g/mol. The molecule has 0 aliphatic heterocycles. The van der Waals surface area contributed by atoms with Crippen LogP contribution in [0.5, 0.6) is 0 Å². The smallest absolute Gasteiger partial charge is 0.327 e. The summed E-state index contributed by atoms with van der Waals surface area (Å²) in [6.45, 7) is 9.39. The van der Waals surface area contributed by atoms with Crippen molar-refractivity contribution in [2.75, 3.05) is 0 Å². The van der Waals surface area contributed by atoms with Crippen molar-refractivity contribution in [1.29, 1.82) is 0 Å². The van der Waals surface area contributed by atoms with Gasteiger partial charge >= 0.3 is 103 Å². The van der Waals surface area contributed by atoms with Crippen LogP contribution in [-0.2, 0) is 0 Å². The Balaban J connectivity index is 0. The van der Waals surface area contributed by atoms with Crippen LogP contribution in [0.4, 0.5) is 0 Å². The van der Waals surface area contributed by atoms with Crippen LogP contribution >= 0.6 is 0 Å². The van der Waals surface area contributed by atoms with Crippen molar-refractivity contribution in [2.45, 2.75) is 6.92 Å². The van der Waals surface area contributed by atoms with Gasteiger partial charge in [-0.2, -0.15) is 12.1 Å². The molecule has 0 aromatic carbocycles. The summed E-state index contributed by atoms with van der Waals surface area (Å²) in [5, 5.41) is 0. The molecule has 11 heavy (non-hydrogen) atoms. The van der Waals surface area contributed by atoms with Crippen LogP contribution in [-0.4, -0.2) is 4.98 Å². The SMILES string of the molecule is [CH2-]c1cc(C)cc([CH2-])n1.[K+].[K+]. The third-order valence-electron chi connectivity index (χ3n) is 1.08. The minimum atomic E-state index is 0. The zero-order chi connectivity index (χ0) is 6.85. The van der Waals surface area contributed by atoms with Crippen molar-refractivity contribution in [2.24, 2.45) is 0 Å². The zero-order valence-corrected chi connectivity index (χ0v) is 13.8. The van der Waals surface area contributed by atoms with Crippen LogP contribution in [0.3, 0.4) is 0 Å². The first-order chi connectivity index (χ1) is 4.18. The van der Waals surface area contributed by atoms with Gasteiger partial charge < -0.3 is 4.98 Å². The van der Waals surface area contributed by atoms with E-state index < -0.39 is 0 Å². The number of hydrogen-bond acceptors (Lipinski definition) is 1. The van der Waals surface area contributed by atoms with Gasteiger partial charge in [-0.25, -0.2) is 19.4 Å². The predicted octanol–water partition coefficient (Wildman–Crippen LogP) is -4.24. The number of rotatable bonds is 0. The summed E-state index contributed by atoms with van der Waals surface area (Å²) >= 11 is 0. The molecule has 0 atom stereocenters. The van der Waals surface area contributed by atoms with Crippen LogP contribution < -0.4 is 103 Å². The van der Waals surface area contributed by atoms with Crippen LogP contribution in [0.2, 0.25) is 0 Å². The number of pyridine rings is 1. The van der Waals surface area contributed by atoms with Crippen LogP contribution in [0, 0.1) is 20.8 Å². The quantitative estimate of drug-likeness (QED) is 0.303. The first-order valence-corrected chi connectivity index (χ1v) is 2.81. The molecule has 3 heteroatoms. The number of hydrogen-bond donors (Lipinski definition) is 0. The van der Waals surface area contributed by atoms with Gasteiger partial charge in [0.2, 0.25) is 0 Å². The van der Waals surface area contributed by atoms with E-state index in [0.717, 1.165) is 11.4 Å². The molecule has 0 spiro atoms. The Bertz CT molecular complexity index is 173. The Morgan fingerprint density at radius 2 is 1.45 bits per heavy atom. The van der Waals surface area contributed by atoms with E-state index >= 15 is 0 Å². The van der Waals surface area contributed by atoms with Crippen molar-refractivity contribution < 1.29 is 103 Å². The average molecular weight is 197 g/mol. The standard InChI is InChI=1S/C8H9N.2K/c1-6-4-7(2)9-8(3)5-6;;/h4-5H,2-3H2,1H3;;/q-2;2*+1. The maximum Gasteiger partial charge on any atom is 1.00 e. The second-order valence-electron chi connectivity index (χ2n) is 2.13. The largest absolute Gasteiger partial charge is 1.00 e. The molecule has 0 radical (unpaired) electrons. The average Bonchev–Trinajstić information content (AvgIpc) is 1.59. The third kappa shape index (κ3) is 6.26. The van der Waals surface area contributed by atoms with Crippen molar-refractivity contribution in [1.82, 2.24) is 4.98 Å². The molecule has 0 saturated carbocycles. The van der Waals surface area contributed by atoms with Gasteiger partial charge in [-0.15, -0.1) is 11.4 Å². The molecule has 0 amide bonds. The normalized spacial score (nSPS) is 7.73. The third-order valence-corrected chi connectivity index (χ3v) is 1.08. The van der Waals surface area contributed by atoms with E-state index in [-0.39, 0.29) is 103 Å². The van der Waals surface area contributed by atoms with E-state index in [1.807, 2.05) is 19.1 Å². The molecule has 1 heterocycles. The van der Waals surface area contributed by atoms with E-state index in [2.05, 4.69) is 18.8 Å². The Kier molecular flexibility index (Phi) is 10.7. The van der Waals surface area contributed by atoms with Gasteiger partial charge in [0.05, 0.1) is 0 Å². The second kappa shape index (κ2) is 7.56. The summed E-state index contributed by atoms with van der Waals surface area (Å²) in [5.74, 6) is 0. The summed E-state index contributed by atoms with van der Waals surface area (Å²) in [6.07, 6.45) is 0. The molecule has 0 saturated heterocycles. The molecule has 0 fully saturated rings. The van der Waals surface area contributed by atoms with Gasteiger partial charge in [0, 0.05) is 0 Å². The monoisotopic (exact) mass is 197 g/mol. The van der Waals surface area contributed by atoms with Crippen LogP contribution in [0.1, 0.15) is 17.0 Å². The van der Waals surface area contributed by atoms with Gasteiger partial charge in [-0.05, 0) is 0 Å². The van der Waals surface area contributed by atoms with Crippen molar-refractivity contribution in [3.8, 4) is 0 Å². The van der Waals surface area contributed by atoms with Gasteiger partial charge in [-0.3, -0.25) is 0 Å². The molecule has 1 aromatic heterocycles. The predicted molar refractivity (Wildman–Crippen MR) is 37.9 cm³/mol. The number of aromatic nitrogens is 1. The molecule has 1 rings (SSSR count). The molecule has 1 aromatic rings. The van der Waals surface area contributed by atoms with E-state index in [1.54, 1.807) is 0 Å². The molecule has 0 N–H and O–H groups in total. The summed E-state index contributed by atoms with van der Waals surface area (Å²) < 4.78 is 0. The number of aryl methyl sites for hydroxylation is 1. The van der Waals surface area contributed by atoms with Crippen molar-refractivity contribution in [3.63, 3.8) is 0 Å². The van der Waals surface area contributed by atoms with E-state index in [9.17, 15) is 0 Å². The Labute approximate surface area is 154 Å². The zero-order valence-electron chi connectivity index (χ0n) is 7.52. The second-order valence-corrected chi connectivity index (χ2v) is 2.13. The minimum Gasteiger partial charge on any atom is -0.327 e. The Morgan fingerprint density at radius 1 is 1.09 bits per heavy atom. The van der Waals surface area contributed by atoms with Crippen LogP contribution in [0.15, 0.2) is 12.1 Å². The Hall–Kier alpha value is 2.16. The summed E-state index contributed by atoms with van der Waals surface area (Å²) in [6, 6.07) is 3.85. The van der Waals surface area contributed by atoms with E-state index in [1.165, 1.54) is 5.56 Å². The maximum absolute atomic E-state index is 4.01. The van der Waals surface area contributed by atoms with E-state index in [0.29, 0.717) is 0 Å². The summed E-state index contributed by atoms with van der Waals surface area (Å²) in [7, 11) is 0. The molecule has 0 aliphatic rings. The molecular formula is C8H9K2N. The Morgan fingerprint density at radius 3 is 1.73 bits per heavy atom. The molecule has 0 unspecified atom stereocenters. The maximum atomic E-state index is 4.01. The molecule has 48 valence electrons. The number of nitrogens with zero attached hydrogens (tertiary/aromatic N) is 1. The fourth-order valence-corrected chi connectivity index (χ4v) is 0.816. The van der Waals surface area contributed by atoms with Gasteiger partial charge in [0.25, 0.3) is 0 Å². The van der Waals surface area contributed by atoms with Crippen molar-refractivity contribution >= 4 is 0 Å². The molecule has 0 aliphatic carbocycles. The van der Waals surface area contributed by atoms with Gasteiger partial charge in [0.15, 0.2) is 0 Å². The fourth-order valence-electron chi connectivity index (χ4n) is 0.816. The first-order valence-electron chi connectivity index (χ1n) is 2.81. The fraction of sp³-hybridized carbons (Fsp3) is 0.125. The molecule has 0 bridgehead atoms. The molecule has 1 nitrogen and oxygen atoms in total. The summed E-state index contributed by atoms with van der Waals surface area (Å²) in [5.41, 5.74) is 2.75. The van der Waals surface area contributed by atoms with E-state index in [4.69, 9.17) is 0 Å². The summed E-state index contributed by atoms with van der Waals surface area (Å²) in [4.78, 5) is 4.01. The van der Waals surface area contributed by atoms with Crippen molar-refractivity contribution in [3.05, 3.63) is 42.9 Å².